The van der Waals surface area contributed by atoms with Crippen molar-refractivity contribution in [2.75, 3.05) is 26.4 Å². The monoisotopic (exact) mass is 206 g/mol. The van der Waals surface area contributed by atoms with Gasteiger partial charge in [-0.3, -0.25) is 0 Å². The lowest BCUT2D eigenvalue weighted by atomic mass is 10.7. The quantitative estimate of drug-likeness (QED) is 0.452. The molecular weight excluding hydrogens is 192 g/mol. The van der Waals surface area contributed by atoms with Gasteiger partial charge in [-0.1, -0.05) is 0 Å². The summed E-state index contributed by atoms with van der Waals surface area (Å²) in [5.41, 5.74) is 0. The Morgan fingerprint density at radius 3 is 1.50 bits per heavy atom. The molecule has 0 aromatic rings. The second-order valence-electron chi connectivity index (χ2n) is 2.18. The third-order valence-corrected chi connectivity index (χ3v) is 1.08. The maximum atomic E-state index is 10.7. The molecule has 0 radical (unpaired) electrons. The Morgan fingerprint density at radius 1 is 0.857 bits per heavy atom. The van der Waals surface area contributed by atoms with Crippen LogP contribution in [-0.2, 0) is 28.8 Å². The summed E-state index contributed by atoms with van der Waals surface area (Å²) in [6, 6.07) is 0. The first kappa shape index (κ1) is 12.9. The van der Waals surface area contributed by atoms with Crippen LogP contribution in [0.25, 0.3) is 0 Å². The van der Waals surface area contributed by atoms with Gasteiger partial charge in [-0.2, -0.15) is 0 Å². The van der Waals surface area contributed by atoms with E-state index in [0.717, 1.165) is 0 Å². The maximum Gasteiger partial charge on any atom is 0.380 e. The summed E-state index contributed by atoms with van der Waals surface area (Å²) in [7, 11) is 0. The average Bonchev–Trinajstić information content (AvgIpc) is 2.20. The molecule has 82 valence electrons. The van der Waals surface area contributed by atoms with Crippen LogP contribution in [0.4, 0.5) is 0 Å². The van der Waals surface area contributed by atoms with E-state index in [1.54, 1.807) is 13.8 Å². The second kappa shape index (κ2) is 8.46. The first-order valence-corrected chi connectivity index (χ1v) is 4.26. The largest absolute Gasteiger partial charge is 0.380 e. The van der Waals surface area contributed by atoms with Crippen LogP contribution in [-0.4, -0.2) is 38.4 Å². The lowest BCUT2D eigenvalue weighted by Gasteiger charge is -2.02. The molecule has 0 unspecified atom stereocenters. The van der Waals surface area contributed by atoms with E-state index in [1.165, 1.54) is 0 Å². The molecule has 0 aliphatic rings. The highest BCUT2D eigenvalue weighted by Crippen LogP contribution is 1.86. The fourth-order valence-corrected chi connectivity index (χ4v) is 0.512. The number of carbonyl (C=O) groups is 2. The fraction of sp³-hybridized carbons (Fsp3) is 0.750. The zero-order chi connectivity index (χ0) is 10.8. The highest BCUT2D eigenvalue weighted by molar-refractivity contribution is 5.74. The van der Waals surface area contributed by atoms with E-state index in [1.807, 2.05) is 0 Å². The van der Waals surface area contributed by atoms with E-state index >= 15 is 0 Å². The first-order valence-electron chi connectivity index (χ1n) is 4.26. The van der Waals surface area contributed by atoms with Gasteiger partial charge in [0.05, 0.1) is 0 Å². The first-order chi connectivity index (χ1) is 6.70. The third-order valence-electron chi connectivity index (χ3n) is 1.08. The van der Waals surface area contributed by atoms with Crippen LogP contribution < -0.4 is 0 Å². The normalized spacial score (nSPS) is 9.57. The molecule has 0 amide bonds. The minimum Gasteiger partial charge on any atom is -0.370 e. The smallest absolute Gasteiger partial charge is 0.370 e. The van der Waals surface area contributed by atoms with Gasteiger partial charge in [-0.05, 0) is 13.8 Å². The van der Waals surface area contributed by atoms with Gasteiger partial charge in [0.1, 0.15) is 13.2 Å². The van der Waals surface area contributed by atoms with Crippen molar-refractivity contribution in [1.29, 1.82) is 0 Å². The van der Waals surface area contributed by atoms with Crippen molar-refractivity contribution in [3.63, 3.8) is 0 Å². The molecule has 14 heavy (non-hydrogen) atoms. The molecule has 6 nitrogen and oxygen atoms in total. The highest BCUT2D eigenvalue weighted by Gasteiger charge is 2.09. The standard InChI is InChI=1S/C8H14O6/c1-3-11-5-7(9)13-14-8(10)6-12-4-2/h3-6H2,1-2H3. The zero-order valence-electron chi connectivity index (χ0n) is 8.28. The van der Waals surface area contributed by atoms with Gasteiger partial charge in [0.2, 0.25) is 0 Å². The molecule has 0 fully saturated rings. The summed E-state index contributed by atoms with van der Waals surface area (Å²) in [5.74, 6) is -1.51. The van der Waals surface area contributed by atoms with Gasteiger partial charge < -0.3 is 9.47 Å². The van der Waals surface area contributed by atoms with Crippen molar-refractivity contribution in [2.45, 2.75) is 13.8 Å². The molecule has 0 heterocycles. The Bertz CT molecular complexity index is 159. The predicted molar refractivity (Wildman–Crippen MR) is 45.2 cm³/mol. The summed E-state index contributed by atoms with van der Waals surface area (Å²) in [6.07, 6.45) is 0. The molecule has 0 saturated heterocycles. The third kappa shape index (κ3) is 7.51. The summed E-state index contributed by atoms with van der Waals surface area (Å²) in [5, 5.41) is 0. The van der Waals surface area contributed by atoms with Crippen LogP contribution in [0.5, 0.6) is 0 Å². The van der Waals surface area contributed by atoms with Crippen LogP contribution >= 0.6 is 0 Å². The summed E-state index contributed by atoms with van der Waals surface area (Å²) in [4.78, 5) is 29.6. The number of hydrogen-bond acceptors (Lipinski definition) is 6. The van der Waals surface area contributed by atoms with Crippen molar-refractivity contribution in [3.05, 3.63) is 0 Å². The topological polar surface area (TPSA) is 71.1 Å². The SMILES string of the molecule is CCOCC(=O)OOC(=O)COCC. The zero-order valence-corrected chi connectivity index (χ0v) is 8.28. The fourth-order valence-electron chi connectivity index (χ4n) is 0.512. The molecule has 0 atom stereocenters. The van der Waals surface area contributed by atoms with Gasteiger partial charge in [0, 0.05) is 13.2 Å². The summed E-state index contributed by atoms with van der Waals surface area (Å²) >= 11 is 0. The number of carbonyl (C=O) groups excluding carboxylic acids is 2. The second-order valence-corrected chi connectivity index (χ2v) is 2.18. The van der Waals surface area contributed by atoms with Crippen LogP contribution in [0.3, 0.4) is 0 Å². The van der Waals surface area contributed by atoms with E-state index in [0.29, 0.717) is 13.2 Å². The van der Waals surface area contributed by atoms with E-state index < -0.39 is 11.9 Å². The van der Waals surface area contributed by atoms with E-state index in [9.17, 15) is 9.59 Å². The maximum absolute atomic E-state index is 10.7. The number of rotatable bonds is 6. The van der Waals surface area contributed by atoms with Gasteiger partial charge in [0.15, 0.2) is 0 Å². The minimum atomic E-state index is -0.753. The van der Waals surface area contributed by atoms with E-state index in [4.69, 9.17) is 9.47 Å². The molecule has 0 aromatic heterocycles. The molecule has 6 heteroatoms. The van der Waals surface area contributed by atoms with Crippen LogP contribution in [0, 0.1) is 0 Å². The van der Waals surface area contributed by atoms with Crippen LogP contribution in [0.2, 0.25) is 0 Å². The Kier molecular flexibility index (Phi) is 7.77. The Hall–Kier alpha value is -1.14. The Labute approximate surface area is 82.0 Å². The molecular formula is C8H14O6. The summed E-state index contributed by atoms with van der Waals surface area (Å²) in [6.45, 7) is 3.77. The molecule has 0 saturated carbocycles. The van der Waals surface area contributed by atoms with Gasteiger partial charge >= 0.3 is 11.9 Å². The summed E-state index contributed by atoms with van der Waals surface area (Å²) < 4.78 is 9.42. The van der Waals surface area contributed by atoms with Gasteiger partial charge in [-0.25, -0.2) is 19.4 Å². The predicted octanol–water partition coefficient (Wildman–Crippen LogP) is 0.0608. The molecule has 0 spiro atoms. The van der Waals surface area contributed by atoms with E-state index in [-0.39, 0.29) is 13.2 Å². The van der Waals surface area contributed by atoms with Crippen LogP contribution in [0.1, 0.15) is 13.8 Å². The highest BCUT2D eigenvalue weighted by atomic mass is 17.2. The van der Waals surface area contributed by atoms with E-state index in [2.05, 4.69) is 9.78 Å². The number of hydrogen-bond donors (Lipinski definition) is 0. The van der Waals surface area contributed by atoms with Crippen molar-refractivity contribution < 1.29 is 28.8 Å². The van der Waals surface area contributed by atoms with Gasteiger partial charge in [-0.15, -0.1) is 0 Å². The van der Waals surface area contributed by atoms with Crippen molar-refractivity contribution in [1.82, 2.24) is 0 Å². The lowest BCUT2D eigenvalue weighted by molar-refractivity contribution is -0.263. The number of ether oxygens (including phenoxy) is 2. The van der Waals surface area contributed by atoms with Gasteiger partial charge in [0.25, 0.3) is 0 Å². The van der Waals surface area contributed by atoms with Crippen molar-refractivity contribution >= 4 is 11.9 Å². The molecule has 0 N–H and O–H groups in total. The lowest BCUT2D eigenvalue weighted by Crippen LogP contribution is -2.18. The molecule has 0 aliphatic heterocycles. The molecule has 0 rings (SSSR count). The molecule has 0 aromatic carbocycles. The van der Waals surface area contributed by atoms with Crippen molar-refractivity contribution in [3.8, 4) is 0 Å². The molecule has 0 aliphatic carbocycles. The van der Waals surface area contributed by atoms with Crippen LogP contribution in [0.15, 0.2) is 0 Å². The average molecular weight is 206 g/mol. The molecule has 0 bridgehead atoms. The Balaban J connectivity index is 3.41. The minimum absolute atomic E-state index is 0.238. The van der Waals surface area contributed by atoms with Crippen molar-refractivity contribution in [2.24, 2.45) is 0 Å². The Morgan fingerprint density at radius 2 is 1.21 bits per heavy atom.